The molecule has 1 rings (SSSR count). The van der Waals surface area contributed by atoms with Crippen LogP contribution >= 0.6 is 0 Å². The molecule has 0 aliphatic heterocycles. The van der Waals surface area contributed by atoms with Crippen LogP contribution < -0.4 is 5.32 Å². The van der Waals surface area contributed by atoms with Gasteiger partial charge in [-0.05, 0) is 46.0 Å². The molecule has 0 radical (unpaired) electrons. The number of aliphatic carboxylic acids is 2. The number of carbonyl (C=O) groups is 2. The smallest absolute Gasteiger partial charge is 0.328 e. The van der Waals surface area contributed by atoms with E-state index < -0.39 is 18.0 Å². The predicted octanol–water partition coefficient (Wildman–Crippen LogP) is 1.82. The van der Waals surface area contributed by atoms with Crippen molar-refractivity contribution in [2.75, 3.05) is 19.8 Å². The van der Waals surface area contributed by atoms with Crippen LogP contribution in [0.25, 0.3) is 0 Å². The molecule has 0 heterocycles. The van der Waals surface area contributed by atoms with Crippen molar-refractivity contribution in [2.45, 2.75) is 51.7 Å². The first-order valence-corrected chi connectivity index (χ1v) is 8.40. The number of nitrogens with one attached hydrogen (secondary N) is 1. The second kappa shape index (κ2) is 12.6. The molecular weight excluding hydrogens is 326 g/mol. The van der Waals surface area contributed by atoms with E-state index in [1.54, 1.807) is 0 Å². The Morgan fingerprint density at radius 2 is 1.84 bits per heavy atom. The third kappa shape index (κ3) is 16.9. The molecule has 0 saturated heterocycles. The van der Waals surface area contributed by atoms with Gasteiger partial charge in [-0.1, -0.05) is 12.2 Å². The Hall–Kier alpha value is -1.70. The van der Waals surface area contributed by atoms with E-state index in [1.807, 2.05) is 0 Å². The van der Waals surface area contributed by atoms with Crippen LogP contribution in [-0.4, -0.2) is 58.7 Å². The summed E-state index contributed by atoms with van der Waals surface area (Å²) in [5.41, 5.74) is 0.0507. The maximum Gasteiger partial charge on any atom is 0.328 e. The number of β-amino-alcohol motifs (C(OH)–C–C–N with tert-alkyl or cyclic N) is 1. The average molecular weight is 357 g/mol. The Labute approximate surface area is 149 Å². The van der Waals surface area contributed by atoms with E-state index in [1.165, 1.54) is 12.8 Å². The van der Waals surface area contributed by atoms with E-state index in [2.05, 4.69) is 38.2 Å². The number of carboxylic acid groups (broad SMARTS) is 2. The number of carboxylic acids is 2. The third-order valence-corrected chi connectivity index (χ3v) is 3.28. The summed E-state index contributed by atoms with van der Waals surface area (Å²) in [5, 5.41) is 28.6. The van der Waals surface area contributed by atoms with Gasteiger partial charge in [0.15, 0.2) is 0 Å². The van der Waals surface area contributed by atoms with Gasteiger partial charge in [-0.3, -0.25) is 0 Å². The molecule has 0 spiro atoms. The molecule has 0 aromatic rings. The minimum Gasteiger partial charge on any atom is -0.478 e. The van der Waals surface area contributed by atoms with Crippen molar-refractivity contribution in [1.29, 1.82) is 0 Å². The molecule has 2 unspecified atom stereocenters. The zero-order valence-corrected chi connectivity index (χ0v) is 15.3. The zero-order valence-electron chi connectivity index (χ0n) is 15.3. The molecule has 0 aromatic carbocycles. The lowest BCUT2D eigenvalue weighted by Crippen LogP contribution is -2.42. The van der Waals surface area contributed by atoms with Crippen LogP contribution in [0.1, 0.15) is 40.0 Å². The molecule has 0 amide bonds. The van der Waals surface area contributed by atoms with Crippen molar-refractivity contribution < 1.29 is 29.6 Å². The third-order valence-electron chi connectivity index (χ3n) is 3.28. The highest BCUT2D eigenvalue weighted by molar-refractivity contribution is 5.89. The number of rotatable bonds is 8. The number of ether oxygens (including phenoxy) is 1. The van der Waals surface area contributed by atoms with Crippen molar-refractivity contribution in [2.24, 2.45) is 5.92 Å². The predicted molar refractivity (Wildman–Crippen MR) is 95.5 cm³/mol. The van der Waals surface area contributed by atoms with Crippen molar-refractivity contribution >= 4 is 11.9 Å². The molecule has 1 aliphatic rings. The molecule has 7 heteroatoms. The molecule has 0 fully saturated rings. The van der Waals surface area contributed by atoms with E-state index in [4.69, 9.17) is 14.9 Å². The minimum atomic E-state index is -1.26. The molecule has 0 bridgehead atoms. The number of aliphatic hydroxyl groups is 1. The van der Waals surface area contributed by atoms with Crippen LogP contribution in [0.2, 0.25) is 0 Å². The zero-order chi connectivity index (χ0) is 19.3. The van der Waals surface area contributed by atoms with E-state index >= 15 is 0 Å². The summed E-state index contributed by atoms with van der Waals surface area (Å²) < 4.78 is 5.58. The highest BCUT2D eigenvalue weighted by Crippen LogP contribution is 2.18. The van der Waals surface area contributed by atoms with Crippen molar-refractivity contribution in [1.82, 2.24) is 5.32 Å². The lowest BCUT2D eigenvalue weighted by Gasteiger charge is -2.23. The highest BCUT2D eigenvalue weighted by Gasteiger charge is 2.14. The van der Waals surface area contributed by atoms with Crippen LogP contribution in [0.4, 0.5) is 0 Å². The summed E-state index contributed by atoms with van der Waals surface area (Å²) in [7, 11) is 0. The highest BCUT2D eigenvalue weighted by atomic mass is 16.5. The van der Waals surface area contributed by atoms with Crippen molar-refractivity contribution in [3.05, 3.63) is 24.3 Å². The molecular formula is C18H31NO6. The quantitative estimate of drug-likeness (QED) is 0.387. The first kappa shape index (κ1) is 23.3. The van der Waals surface area contributed by atoms with Gasteiger partial charge in [0.25, 0.3) is 0 Å². The summed E-state index contributed by atoms with van der Waals surface area (Å²) in [5.74, 6) is -1.87. The van der Waals surface area contributed by atoms with Crippen LogP contribution in [0.5, 0.6) is 0 Å². The average Bonchev–Trinajstić information content (AvgIpc) is 2.52. The lowest BCUT2D eigenvalue weighted by molar-refractivity contribution is -0.134. The molecule has 0 aromatic heterocycles. The van der Waals surface area contributed by atoms with Gasteiger partial charge in [0.05, 0.1) is 12.7 Å². The maximum atomic E-state index is 9.74. The summed E-state index contributed by atoms with van der Waals surface area (Å²) in [6.45, 7) is 8.08. The van der Waals surface area contributed by atoms with Crippen molar-refractivity contribution in [3.8, 4) is 0 Å². The maximum absolute atomic E-state index is 9.74. The van der Waals surface area contributed by atoms with Crippen LogP contribution in [-0.2, 0) is 14.3 Å². The van der Waals surface area contributed by atoms with Gasteiger partial charge in [0, 0.05) is 30.8 Å². The van der Waals surface area contributed by atoms with E-state index in [9.17, 15) is 14.7 Å². The van der Waals surface area contributed by atoms with Gasteiger partial charge in [-0.25, -0.2) is 9.59 Å². The Morgan fingerprint density at radius 1 is 1.24 bits per heavy atom. The van der Waals surface area contributed by atoms with Gasteiger partial charge in [-0.15, -0.1) is 0 Å². The van der Waals surface area contributed by atoms with Gasteiger partial charge >= 0.3 is 11.9 Å². The Morgan fingerprint density at radius 3 is 2.28 bits per heavy atom. The second-order valence-electron chi connectivity index (χ2n) is 6.98. The molecule has 4 N–H and O–H groups in total. The van der Waals surface area contributed by atoms with Gasteiger partial charge in [-0.2, -0.15) is 0 Å². The fourth-order valence-corrected chi connectivity index (χ4v) is 2.00. The minimum absolute atomic E-state index is 0.0507. The molecule has 7 nitrogen and oxygen atoms in total. The lowest BCUT2D eigenvalue weighted by atomic mass is 9.95. The fourth-order valence-electron chi connectivity index (χ4n) is 2.00. The molecule has 0 saturated carbocycles. The van der Waals surface area contributed by atoms with E-state index in [0.717, 1.165) is 13.0 Å². The first-order chi connectivity index (χ1) is 11.6. The topological polar surface area (TPSA) is 116 Å². The Kier molecular flexibility index (Phi) is 11.8. The van der Waals surface area contributed by atoms with E-state index in [-0.39, 0.29) is 5.54 Å². The number of allylic oxidation sites excluding steroid dienone is 2. The Balaban J connectivity index is 0.000000609. The first-order valence-electron chi connectivity index (χ1n) is 8.40. The number of hydrogen-bond donors (Lipinski definition) is 4. The van der Waals surface area contributed by atoms with Crippen molar-refractivity contribution in [3.63, 3.8) is 0 Å². The van der Waals surface area contributed by atoms with Crippen LogP contribution in [0.15, 0.2) is 24.3 Å². The standard InChI is InChI=1S/C14H27NO2.C4H4O4/c1-14(2,3)15-9-13(16)11-17-10-12-7-5-4-6-8-12;5-3(6)1-2-4(7)8/h4-5,12-13,15-16H,6-11H2,1-3H3;1-2H,(H,5,6)(H,7,8)/b;2-1+. The number of aliphatic hydroxyl groups excluding tert-OH is 1. The summed E-state index contributed by atoms with van der Waals surface area (Å²) in [6, 6.07) is 0. The SMILES string of the molecule is CC(C)(C)NCC(O)COCC1CC=CCC1.O=C(O)/C=C/C(=O)O. The number of hydrogen-bond acceptors (Lipinski definition) is 5. The van der Waals surface area contributed by atoms with E-state index in [0.29, 0.717) is 31.2 Å². The summed E-state index contributed by atoms with van der Waals surface area (Å²) >= 11 is 0. The second-order valence-corrected chi connectivity index (χ2v) is 6.98. The van der Waals surface area contributed by atoms with Gasteiger partial charge in [0.1, 0.15) is 0 Å². The normalized spacial score (nSPS) is 18.5. The molecule has 1 aliphatic carbocycles. The molecule has 144 valence electrons. The largest absolute Gasteiger partial charge is 0.478 e. The van der Waals surface area contributed by atoms with Gasteiger partial charge in [0.2, 0.25) is 0 Å². The summed E-state index contributed by atoms with van der Waals surface area (Å²) in [6.07, 6.45) is 8.68. The van der Waals surface area contributed by atoms with Crippen LogP contribution in [0.3, 0.4) is 0 Å². The fraction of sp³-hybridized carbons (Fsp3) is 0.667. The van der Waals surface area contributed by atoms with Crippen LogP contribution in [0, 0.1) is 5.92 Å². The van der Waals surface area contributed by atoms with Gasteiger partial charge < -0.3 is 25.4 Å². The Bertz CT molecular complexity index is 437. The molecule has 2 atom stereocenters. The molecule has 25 heavy (non-hydrogen) atoms. The monoisotopic (exact) mass is 357 g/mol. The summed E-state index contributed by atoms with van der Waals surface area (Å²) in [4.78, 5) is 19.1.